The molecule has 0 saturated carbocycles. The Morgan fingerprint density at radius 1 is 1.26 bits per heavy atom. The fraction of sp³-hybridized carbons (Fsp3) is 0.467. The average Bonchev–Trinajstić information content (AvgIpc) is 2.26. The zero-order valence-corrected chi connectivity index (χ0v) is 11.9. The molecule has 0 saturated heterocycles. The Hall–Kier alpha value is -1.84. The van der Waals surface area contributed by atoms with Gasteiger partial charge in [0.25, 0.3) is 5.91 Å². The number of carbonyl (C=O) groups is 2. The summed E-state index contributed by atoms with van der Waals surface area (Å²) in [7, 11) is 0. The molecule has 0 aromatic heterocycles. The second kappa shape index (κ2) is 5.87. The number of carbonyl (C=O) groups excluding carboxylic acids is 1. The van der Waals surface area contributed by atoms with E-state index in [1.165, 1.54) is 5.56 Å². The first-order valence-corrected chi connectivity index (χ1v) is 6.33. The molecule has 4 nitrogen and oxygen atoms in total. The predicted molar refractivity (Wildman–Crippen MR) is 74.5 cm³/mol. The highest BCUT2D eigenvalue weighted by Gasteiger charge is 2.16. The third kappa shape index (κ3) is 4.39. The largest absolute Gasteiger partial charge is 0.481 e. The number of aryl methyl sites for hydroxylation is 1. The normalized spacial score (nSPS) is 11.2. The lowest BCUT2D eigenvalue weighted by Crippen LogP contribution is -2.26. The first kappa shape index (κ1) is 15.2. The molecule has 0 heterocycles. The standard InChI is InChI=1S/C15H21NO3/c1-10-9-11(15(2,3)4)5-6-12(10)14(19)16-8-7-13(17)18/h5-6,9H,7-8H2,1-4H3,(H,16,19)(H,17,18). The Kier molecular flexibility index (Phi) is 4.70. The lowest BCUT2D eigenvalue weighted by Gasteiger charge is -2.20. The molecule has 0 atom stereocenters. The first-order chi connectivity index (χ1) is 8.71. The monoisotopic (exact) mass is 263 g/mol. The summed E-state index contributed by atoms with van der Waals surface area (Å²) >= 11 is 0. The molecule has 1 aromatic rings. The van der Waals surface area contributed by atoms with E-state index in [-0.39, 0.29) is 24.3 Å². The minimum absolute atomic E-state index is 0.0447. The van der Waals surface area contributed by atoms with E-state index in [0.717, 1.165) is 5.56 Å². The molecule has 4 heteroatoms. The van der Waals surface area contributed by atoms with Gasteiger partial charge in [-0.2, -0.15) is 0 Å². The summed E-state index contributed by atoms with van der Waals surface area (Å²) in [6, 6.07) is 5.75. The number of carboxylic acid groups (broad SMARTS) is 1. The second-order valence-corrected chi connectivity index (χ2v) is 5.68. The smallest absolute Gasteiger partial charge is 0.305 e. The highest BCUT2D eigenvalue weighted by atomic mass is 16.4. The molecule has 0 aliphatic heterocycles. The van der Waals surface area contributed by atoms with E-state index in [1.807, 2.05) is 19.1 Å². The first-order valence-electron chi connectivity index (χ1n) is 6.33. The van der Waals surface area contributed by atoms with E-state index in [2.05, 4.69) is 26.1 Å². The van der Waals surface area contributed by atoms with Crippen LogP contribution in [0.2, 0.25) is 0 Å². The lowest BCUT2D eigenvalue weighted by atomic mass is 9.85. The van der Waals surface area contributed by atoms with Crippen LogP contribution < -0.4 is 5.32 Å². The van der Waals surface area contributed by atoms with Crippen LogP contribution in [0, 0.1) is 6.92 Å². The summed E-state index contributed by atoms with van der Waals surface area (Å²) in [6.45, 7) is 8.40. The Bertz CT molecular complexity index is 487. The van der Waals surface area contributed by atoms with Crippen LogP contribution in [0.4, 0.5) is 0 Å². The minimum atomic E-state index is -0.917. The third-order valence-electron chi connectivity index (χ3n) is 2.96. The quantitative estimate of drug-likeness (QED) is 0.877. The van der Waals surface area contributed by atoms with Crippen LogP contribution >= 0.6 is 0 Å². The van der Waals surface area contributed by atoms with E-state index in [9.17, 15) is 9.59 Å². The summed E-state index contributed by atoms with van der Waals surface area (Å²) in [5, 5.41) is 11.1. The van der Waals surface area contributed by atoms with Crippen molar-refractivity contribution in [2.75, 3.05) is 6.54 Å². The maximum Gasteiger partial charge on any atom is 0.305 e. The molecule has 0 aliphatic rings. The lowest BCUT2D eigenvalue weighted by molar-refractivity contribution is -0.136. The van der Waals surface area contributed by atoms with Crippen molar-refractivity contribution >= 4 is 11.9 Å². The highest BCUT2D eigenvalue weighted by Crippen LogP contribution is 2.24. The Morgan fingerprint density at radius 2 is 1.89 bits per heavy atom. The van der Waals surface area contributed by atoms with Crippen LogP contribution in [0.1, 0.15) is 48.7 Å². The summed E-state index contributed by atoms with van der Waals surface area (Å²) < 4.78 is 0. The Balaban J connectivity index is 2.79. The number of benzene rings is 1. The number of hydrogen-bond acceptors (Lipinski definition) is 2. The van der Waals surface area contributed by atoms with Gasteiger partial charge in [0.05, 0.1) is 6.42 Å². The van der Waals surface area contributed by atoms with Crippen LogP contribution in [0.25, 0.3) is 0 Å². The van der Waals surface area contributed by atoms with Gasteiger partial charge in [0, 0.05) is 12.1 Å². The van der Waals surface area contributed by atoms with Crippen LogP contribution in [0.15, 0.2) is 18.2 Å². The summed E-state index contributed by atoms with van der Waals surface area (Å²) in [6.07, 6.45) is -0.0646. The topological polar surface area (TPSA) is 66.4 Å². The summed E-state index contributed by atoms with van der Waals surface area (Å²) in [5.41, 5.74) is 2.72. The van der Waals surface area contributed by atoms with Gasteiger partial charge in [0.15, 0.2) is 0 Å². The molecule has 0 aliphatic carbocycles. The van der Waals surface area contributed by atoms with Gasteiger partial charge < -0.3 is 10.4 Å². The van der Waals surface area contributed by atoms with E-state index < -0.39 is 5.97 Å². The molecule has 0 bridgehead atoms. The van der Waals surface area contributed by atoms with Gasteiger partial charge in [0.2, 0.25) is 0 Å². The van der Waals surface area contributed by atoms with Gasteiger partial charge >= 0.3 is 5.97 Å². The third-order valence-corrected chi connectivity index (χ3v) is 2.96. The zero-order chi connectivity index (χ0) is 14.6. The van der Waals surface area contributed by atoms with Crippen molar-refractivity contribution in [3.05, 3.63) is 34.9 Å². The van der Waals surface area contributed by atoms with Gasteiger partial charge in [-0.1, -0.05) is 32.9 Å². The average molecular weight is 263 g/mol. The van der Waals surface area contributed by atoms with Crippen molar-refractivity contribution in [3.63, 3.8) is 0 Å². The molecular weight excluding hydrogens is 242 g/mol. The molecule has 0 spiro atoms. The highest BCUT2D eigenvalue weighted by molar-refractivity contribution is 5.95. The molecule has 2 N–H and O–H groups in total. The van der Waals surface area contributed by atoms with E-state index in [4.69, 9.17) is 5.11 Å². The van der Waals surface area contributed by atoms with Gasteiger partial charge in [-0.25, -0.2) is 0 Å². The van der Waals surface area contributed by atoms with Crippen molar-refractivity contribution in [2.24, 2.45) is 0 Å². The molecular formula is C15H21NO3. The molecule has 19 heavy (non-hydrogen) atoms. The number of aliphatic carboxylic acids is 1. The van der Waals surface area contributed by atoms with Crippen LogP contribution in [-0.2, 0) is 10.2 Å². The van der Waals surface area contributed by atoms with E-state index in [1.54, 1.807) is 6.07 Å². The molecule has 0 fully saturated rings. The van der Waals surface area contributed by atoms with E-state index in [0.29, 0.717) is 5.56 Å². The Labute approximate surface area is 113 Å². The second-order valence-electron chi connectivity index (χ2n) is 5.68. The number of rotatable bonds is 4. The fourth-order valence-corrected chi connectivity index (χ4v) is 1.76. The van der Waals surface area contributed by atoms with Gasteiger partial charge in [0.1, 0.15) is 0 Å². The molecule has 1 aromatic carbocycles. The molecule has 1 rings (SSSR count). The molecule has 0 unspecified atom stereocenters. The van der Waals surface area contributed by atoms with Crippen molar-refractivity contribution in [1.29, 1.82) is 0 Å². The van der Waals surface area contributed by atoms with Crippen molar-refractivity contribution in [3.8, 4) is 0 Å². The summed E-state index contributed by atoms with van der Waals surface area (Å²) in [4.78, 5) is 22.3. The molecule has 0 radical (unpaired) electrons. The van der Waals surface area contributed by atoms with Crippen molar-refractivity contribution in [2.45, 2.75) is 39.5 Å². The molecule has 104 valence electrons. The maximum absolute atomic E-state index is 11.9. The SMILES string of the molecule is Cc1cc(C(C)(C)C)ccc1C(=O)NCCC(=O)O. The maximum atomic E-state index is 11.9. The predicted octanol–water partition coefficient (Wildman–Crippen LogP) is 2.50. The van der Waals surface area contributed by atoms with Gasteiger partial charge in [-0.15, -0.1) is 0 Å². The van der Waals surface area contributed by atoms with Gasteiger partial charge in [-0.3, -0.25) is 9.59 Å². The Morgan fingerprint density at radius 3 is 2.37 bits per heavy atom. The number of nitrogens with one attached hydrogen (secondary N) is 1. The summed E-state index contributed by atoms with van der Waals surface area (Å²) in [5.74, 6) is -1.14. The van der Waals surface area contributed by atoms with Crippen molar-refractivity contribution in [1.82, 2.24) is 5.32 Å². The molecule has 1 amide bonds. The number of hydrogen-bond donors (Lipinski definition) is 2. The van der Waals surface area contributed by atoms with Crippen LogP contribution in [0.3, 0.4) is 0 Å². The zero-order valence-electron chi connectivity index (χ0n) is 11.9. The minimum Gasteiger partial charge on any atom is -0.481 e. The fourth-order valence-electron chi connectivity index (χ4n) is 1.76. The van der Waals surface area contributed by atoms with Gasteiger partial charge in [-0.05, 0) is 29.5 Å². The van der Waals surface area contributed by atoms with Crippen LogP contribution in [0.5, 0.6) is 0 Å². The number of carboxylic acids is 1. The van der Waals surface area contributed by atoms with Crippen LogP contribution in [-0.4, -0.2) is 23.5 Å². The van der Waals surface area contributed by atoms with Crippen molar-refractivity contribution < 1.29 is 14.7 Å². The van der Waals surface area contributed by atoms with E-state index >= 15 is 0 Å². The number of amides is 1.